The molecule has 0 amide bonds. The fraction of sp³-hybridized carbons (Fsp3) is 0.0714. The van der Waals surface area contributed by atoms with E-state index in [9.17, 15) is 4.39 Å². The summed E-state index contributed by atoms with van der Waals surface area (Å²) >= 11 is 6.49. The summed E-state index contributed by atoms with van der Waals surface area (Å²) in [5, 5.41) is 0. The molecule has 0 radical (unpaired) electrons. The number of thioether (sulfide) groups is 1. The van der Waals surface area contributed by atoms with Gasteiger partial charge >= 0.3 is 0 Å². The molecule has 0 aliphatic rings. The van der Waals surface area contributed by atoms with Crippen LogP contribution in [0.25, 0.3) is 0 Å². The van der Waals surface area contributed by atoms with Gasteiger partial charge in [-0.1, -0.05) is 18.3 Å². The van der Waals surface area contributed by atoms with E-state index >= 15 is 0 Å². The highest BCUT2D eigenvalue weighted by Gasteiger charge is 2.12. The fourth-order valence-electron chi connectivity index (χ4n) is 1.60. The van der Waals surface area contributed by atoms with Gasteiger partial charge < -0.3 is 10.5 Å². The Labute approximate surface area is 120 Å². The van der Waals surface area contributed by atoms with Gasteiger partial charge in [-0.25, -0.2) is 4.39 Å². The topological polar surface area (TPSA) is 35.2 Å². The molecule has 0 saturated carbocycles. The van der Waals surface area contributed by atoms with Crippen LogP contribution in [-0.2, 0) is 0 Å². The summed E-state index contributed by atoms with van der Waals surface area (Å²) < 4.78 is 19.3. The molecule has 2 aromatic rings. The van der Waals surface area contributed by atoms with Crippen molar-refractivity contribution >= 4 is 29.0 Å². The summed E-state index contributed by atoms with van der Waals surface area (Å²) in [4.78, 5) is 1.11. The third-order valence-corrected chi connectivity index (χ3v) is 3.46. The molecule has 0 unspecified atom stereocenters. The van der Waals surface area contributed by atoms with Crippen LogP contribution in [0.15, 0.2) is 47.4 Å². The van der Waals surface area contributed by atoms with E-state index in [0.717, 1.165) is 4.90 Å². The lowest BCUT2D eigenvalue weighted by molar-refractivity contribution is 0.475. The Morgan fingerprint density at radius 2 is 1.89 bits per heavy atom. The lowest BCUT2D eigenvalue weighted by Gasteiger charge is -2.11. The van der Waals surface area contributed by atoms with Gasteiger partial charge in [0.2, 0.25) is 0 Å². The average Bonchev–Trinajstić information content (AvgIpc) is 2.39. The second-order valence-corrected chi connectivity index (χ2v) is 5.07. The molecule has 19 heavy (non-hydrogen) atoms. The highest BCUT2D eigenvalue weighted by Crippen LogP contribution is 2.28. The minimum atomic E-state index is -0.481. The highest BCUT2D eigenvalue weighted by molar-refractivity contribution is 7.98. The Hall–Kier alpha value is -1.59. The van der Waals surface area contributed by atoms with Crippen LogP contribution in [0, 0.1) is 5.82 Å². The minimum absolute atomic E-state index is 0.0196. The summed E-state index contributed by atoms with van der Waals surface area (Å²) in [7, 11) is 0. The van der Waals surface area contributed by atoms with Crippen molar-refractivity contribution in [3.05, 3.63) is 53.8 Å². The Balaban J connectivity index is 2.32. The molecule has 98 valence electrons. The maximum Gasteiger partial charge on any atom is 0.140 e. The van der Waals surface area contributed by atoms with Crippen LogP contribution < -0.4 is 10.5 Å². The predicted molar refractivity (Wildman–Crippen MR) is 80.6 cm³/mol. The maximum atomic E-state index is 13.7. The lowest BCUT2D eigenvalue weighted by Crippen LogP contribution is -2.13. The van der Waals surface area contributed by atoms with E-state index in [1.807, 2.05) is 30.5 Å². The zero-order valence-electron chi connectivity index (χ0n) is 10.2. The summed E-state index contributed by atoms with van der Waals surface area (Å²) in [6.45, 7) is 0. The fourth-order valence-corrected chi connectivity index (χ4v) is 2.21. The molecule has 0 fully saturated rings. The highest BCUT2D eigenvalue weighted by atomic mass is 32.2. The molecule has 0 spiro atoms. The van der Waals surface area contributed by atoms with Crippen molar-refractivity contribution in [3.63, 3.8) is 0 Å². The van der Waals surface area contributed by atoms with Crippen molar-refractivity contribution in [2.24, 2.45) is 5.73 Å². The Kier molecular flexibility index (Phi) is 4.39. The number of thiocarbonyl (C=S) groups is 1. The van der Waals surface area contributed by atoms with Gasteiger partial charge in [0.05, 0.1) is 5.56 Å². The first-order valence-corrected chi connectivity index (χ1v) is 7.15. The average molecular weight is 293 g/mol. The molecule has 0 aliphatic carbocycles. The minimum Gasteiger partial charge on any atom is -0.457 e. The molecule has 0 bridgehead atoms. The van der Waals surface area contributed by atoms with Gasteiger partial charge in [0, 0.05) is 4.90 Å². The zero-order chi connectivity index (χ0) is 13.8. The van der Waals surface area contributed by atoms with Crippen LogP contribution >= 0.6 is 24.0 Å². The van der Waals surface area contributed by atoms with Gasteiger partial charge in [-0.15, -0.1) is 11.8 Å². The molecule has 2 N–H and O–H groups in total. The molecule has 0 saturated heterocycles. The van der Waals surface area contributed by atoms with E-state index in [-0.39, 0.29) is 10.6 Å². The van der Waals surface area contributed by atoms with E-state index in [4.69, 9.17) is 22.7 Å². The smallest absolute Gasteiger partial charge is 0.140 e. The maximum absolute atomic E-state index is 13.7. The van der Waals surface area contributed by atoms with Crippen molar-refractivity contribution in [2.75, 3.05) is 6.26 Å². The molecular weight excluding hydrogens is 281 g/mol. The van der Waals surface area contributed by atoms with E-state index in [0.29, 0.717) is 11.5 Å². The first kappa shape index (κ1) is 13.8. The SMILES string of the molecule is CSc1ccc(Oc2cccc(F)c2C(N)=S)cc1. The normalized spacial score (nSPS) is 10.2. The Bertz CT molecular complexity index is 599. The van der Waals surface area contributed by atoms with Crippen molar-refractivity contribution in [1.29, 1.82) is 0 Å². The number of hydrogen-bond acceptors (Lipinski definition) is 3. The van der Waals surface area contributed by atoms with Crippen LogP contribution in [0.5, 0.6) is 11.5 Å². The third-order valence-electron chi connectivity index (χ3n) is 2.51. The second kappa shape index (κ2) is 6.04. The van der Waals surface area contributed by atoms with Gasteiger partial charge in [0.1, 0.15) is 22.3 Å². The van der Waals surface area contributed by atoms with E-state index < -0.39 is 5.82 Å². The summed E-state index contributed by atoms with van der Waals surface area (Å²) in [6.07, 6.45) is 1.99. The van der Waals surface area contributed by atoms with Gasteiger partial charge in [0.25, 0.3) is 0 Å². The summed E-state index contributed by atoms with van der Waals surface area (Å²) in [5.74, 6) is 0.455. The second-order valence-electron chi connectivity index (χ2n) is 3.75. The molecule has 0 aromatic heterocycles. The van der Waals surface area contributed by atoms with Crippen LogP contribution in [0.1, 0.15) is 5.56 Å². The molecule has 2 aromatic carbocycles. The number of hydrogen-bond donors (Lipinski definition) is 1. The van der Waals surface area contributed by atoms with Crippen molar-refractivity contribution in [3.8, 4) is 11.5 Å². The number of benzene rings is 2. The van der Waals surface area contributed by atoms with Crippen molar-refractivity contribution in [2.45, 2.75) is 4.90 Å². The first-order valence-electron chi connectivity index (χ1n) is 5.52. The van der Waals surface area contributed by atoms with E-state index in [1.165, 1.54) is 6.07 Å². The number of halogens is 1. The molecule has 2 rings (SSSR count). The zero-order valence-corrected chi connectivity index (χ0v) is 11.9. The number of rotatable bonds is 4. The van der Waals surface area contributed by atoms with Crippen LogP contribution in [0.2, 0.25) is 0 Å². The van der Waals surface area contributed by atoms with Gasteiger partial charge in [-0.05, 0) is 42.7 Å². The van der Waals surface area contributed by atoms with E-state index in [1.54, 1.807) is 23.9 Å². The molecule has 0 atom stereocenters. The molecule has 5 heteroatoms. The number of nitrogens with two attached hydrogens (primary N) is 1. The van der Waals surface area contributed by atoms with Gasteiger partial charge in [-0.2, -0.15) is 0 Å². The monoisotopic (exact) mass is 293 g/mol. The standard InChI is InChI=1S/C14H12FNOS2/c1-19-10-7-5-9(6-8-10)17-12-4-2-3-11(15)13(12)14(16)18/h2-8H,1H3,(H2,16,18). The molecule has 0 aliphatic heterocycles. The Morgan fingerprint density at radius 1 is 1.21 bits per heavy atom. The Morgan fingerprint density at radius 3 is 2.47 bits per heavy atom. The molecule has 2 nitrogen and oxygen atoms in total. The quantitative estimate of drug-likeness (QED) is 0.683. The predicted octanol–water partition coefficient (Wildman–Crippen LogP) is 3.97. The van der Waals surface area contributed by atoms with Crippen molar-refractivity contribution in [1.82, 2.24) is 0 Å². The largest absolute Gasteiger partial charge is 0.457 e. The van der Waals surface area contributed by atoms with Crippen LogP contribution in [0.3, 0.4) is 0 Å². The number of ether oxygens (including phenoxy) is 1. The molecule has 0 heterocycles. The first-order chi connectivity index (χ1) is 9.11. The van der Waals surface area contributed by atoms with Crippen LogP contribution in [0.4, 0.5) is 4.39 Å². The third kappa shape index (κ3) is 3.24. The van der Waals surface area contributed by atoms with Crippen LogP contribution in [-0.4, -0.2) is 11.2 Å². The van der Waals surface area contributed by atoms with E-state index in [2.05, 4.69) is 0 Å². The summed E-state index contributed by atoms with van der Waals surface area (Å²) in [5.41, 5.74) is 5.65. The summed E-state index contributed by atoms with van der Waals surface area (Å²) in [6, 6.07) is 12.0. The van der Waals surface area contributed by atoms with Crippen molar-refractivity contribution < 1.29 is 9.13 Å². The van der Waals surface area contributed by atoms with Gasteiger partial charge in [-0.3, -0.25) is 0 Å². The van der Waals surface area contributed by atoms with Gasteiger partial charge in [0.15, 0.2) is 0 Å². The lowest BCUT2D eigenvalue weighted by atomic mass is 10.2. The molecular formula is C14H12FNOS2.